The van der Waals surface area contributed by atoms with Crippen LogP contribution in [0.15, 0.2) is 0 Å². The van der Waals surface area contributed by atoms with Crippen LogP contribution in [-0.4, -0.2) is 69.9 Å². The minimum Gasteiger partial charge on any atom is -0.481 e. The predicted octanol–water partition coefficient (Wildman–Crippen LogP) is -1.31. The molecule has 5 atom stereocenters. The van der Waals surface area contributed by atoms with Gasteiger partial charge in [0.05, 0.1) is 12.5 Å². The van der Waals surface area contributed by atoms with E-state index in [9.17, 15) is 33.9 Å². The Balaban J connectivity index is 5.62. The molecule has 0 aromatic heterocycles. The Bertz CT molecular complexity index is 757. The fourth-order valence-electron chi connectivity index (χ4n) is 2.97. The zero-order chi connectivity index (χ0) is 26.6. The molecule has 4 amide bonds. The van der Waals surface area contributed by atoms with Gasteiger partial charge in [0.2, 0.25) is 23.6 Å². The summed E-state index contributed by atoms with van der Waals surface area (Å²) < 4.78 is 0. The molecule has 9 N–H and O–H groups in total. The van der Waals surface area contributed by atoms with E-state index in [-0.39, 0.29) is 24.7 Å². The van der Waals surface area contributed by atoms with Crippen molar-refractivity contribution >= 4 is 35.6 Å². The summed E-state index contributed by atoms with van der Waals surface area (Å²) in [5.74, 6) is -6.24. The molecule has 0 aliphatic rings. The molecule has 13 heteroatoms. The van der Waals surface area contributed by atoms with Gasteiger partial charge in [0.15, 0.2) is 0 Å². The number of hydrogen-bond donors (Lipinski definition) is 7. The number of carbonyl (C=O) groups excluding carboxylic acids is 4. The van der Waals surface area contributed by atoms with Crippen molar-refractivity contribution in [2.75, 3.05) is 0 Å². The van der Waals surface area contributed by atoms with E-state index in [1.807, 2.05) is 6.92 Å². The van der Waals surface area contributed by atoms with Crippen LogP contribution in [-0.2, 0) is 28.8 Å². The maximum atomic E-state index is 12.9. The zero-order valence-electron chi connectivity index (χ0n) is 20.0. The summed E-state index contributed by atoms with van der Waals surface area (Å²) in [6.45, 7) is 7.12. The van der Waals surface area contributed by atoms with Crippen molar-refractivity contribution in [2.24, 2.45) is 23.3 Å². The third-order valence-electron chi connectivity index (χ3n) is 5.20. The van der Waals surface area contributed by atoms with Gasteiger partial charge in [-0.05, 0) is 24.7 Å². The Hall–Kier alpha value is -3.22. The molecule has 0 rings (SSSR count). The molecule has 0 bridgehead atoms. The molecule has 194 valence electrons. The highest BCUT2D eigenvalue weighted by atomic mass is 16.4. The van der Waals surface area contributed by atoms with E-state index < -0.39 is 72.6 Å². The summed E-state index contributed by atoms with van der Waals surface area (Å²) >= 11 is 0. The fourth-order valence-corrected chi connectivity index (χ4v) is 2.97. The number of carbonyl (C=O) groups is 6. The van der Waals surface area contributed by atoms with Crippen molar-refractivity contribution in [3.8, 4) is 0 Å². The summed E-state index contributed by atoms with van der Waals surface area (Å²) in [7, 11) is 0. The molecule has 0 aliphatic heterocycles. The minimum atomic E-state index is -1.59. The number of carboxylic acid groups (broad SMARTS) is 2. The number of aliphatic carboxylic acids is 2. The molecule has 0 radical (unpaired) electrons. The lowest BCUT2D eigenvalue weighted by molar-refractivity contribution is -0.144. The summed E-state index contributed by atoms with van der Waals surface area (Å²) in [5, 5.41) is 25.3. The molecule has 13 nitrogen and oxygen atoms in total. The monoisotopic (exact) mass is 487 g/mol. The van der Waals surface area contributed by atoms with E-state index in [1.54, 1.807) is 20.8 Å². The Morgan fingerprint density at radius 2 is 1.32 bits per heavy atom. The summed E-state index contributed by atoms with van der Waals surface area (Å²) in [6, 6.07) is -5.02. The number of primary amides is 1. The van der Waals surface area contributed by atoms with E-state index in [2.05, 4.69) is 16.0 Å². The fraction of sp³-hybridized carbons (Fsp3) is 0.714. The highest BCUT2D eigenvalue weighted by molar-refractivity contribution is 5.95. The quantitative estimate of drug-likeness (QED) is 0.137. The topological polar surface area (TPSA) is 231 Å². The van der Waals surface area contributed by atoms with E-state index in [1.165, 1.54) is 0 Å². The molecule has 0 heterocycles. The zero-order valence-corrected chi connectivity index (χ0v) is 20.0. The first kappa shape index (κ1) is 30.8. The van der Waals surface area contributed by atoms with Crippen molar-refractivity contribution in [1.29, 1.82) is 0 Å². The van der Waals surface area contributed by atoms with Gasteiger partial charge < -0.3 is 37.6 Å². The maximum absolute atomic E-state index is 12.9. The second kappa shape index (κ2) is 14.8. The molecular weight excluding hydrogens is 450 g/mol. The van der Waals surface area contributed by atoms with E-state index in [4.69, 9.17) is 16.6 Å². The van der Waals surface area contributed by atoms with Gasteiger partial charge in [-0.1, -0.05) is 34.1 Å². The van der Waals surface area contributed by atoms with Crippen LogP contribution in [0.5, 0.6) is 0 Å². The van der Waals surface area contributed by atoms with E-state index in [0.717, 1.165) is 0 Å². The molecule has 0 aromatic rings. The van der Waals surface area contributed by atoms with Crippen LogP contribution in [0.4, 0.5) is 0 Å². The number of rotatable bonds is 16. The van der Waals surface area contributed by atoms with E-state index >= 15 is 0 Å². The minimum absolute atomic E-state index is 0.104. The summed E-state index contributed by atoms with van der Waals surface area (Å²) in [5.41, 5.74) is 10.9. The Labute approximate surface area is 198 Å². The smallest absolute Gasteiger partial charge is 0.326 e. The molecule has 5 unspecified atom stereocenters. The van der Waals surface area contributed by atoms with Crippen LogP contribution in [0, 0.1) is 11.8 Å². The molecule has 0 aromatic carbocycles. The predicted molar refractivity (Wildman–Crippen MR) is 121 cm³/mol. The van der Waals surface area contributed by atoms with Crippen molar-refractivity contribution in [3.63, 3.8) is 0 Å². The molecule has 0 fully saturated rings. The largest absolute Gasteiger partial charge is 0.481 e. The van der Waals surface area contributed by atoms with Crippen molar-refractivity contribution in [2.45, 2.75) is 84.0 Å². The molecule has 34 heavy (non-hydrogen) atoms. The lowest BCUT2D eigenvalue weighted by Gasteiger charge is -2.26. The SMILES string of the molecule is CCC(C)C(N)C(=O)NC(CCC(=O)O)C(=O)NC(CC(C)C)C(=O)NC(CC(N)=O)C(=O)O. The van der Waals surface area contributed by atoms with Gasteiger partial charge in [0, 0.05) is 6.42 Å². The lowest BCUT2D eigenvalue weighted by Crippen LogP contribution is -2.58. The van der Waals surface area contributed by atoms with Gasteiger partial charge in [0.25, 0.3) is 0 Å². The summed E-state index contributed by atoms with van der Waals surface area (Å²) in [4.78, 5) is 71.6. The molecule has 0 saturated carbocycles. The molecule has 0 saturated heterocycles. The van der Waals surface area contributed by atoms with Crippen molar-refractivity contribution in [3.05, 3.63) is 0 Å². The van der Waals surface area contributed by atoms with Crippen LogP contribution in [0.1, 0.15) is 59.8 Å². The van der Waals surface area contributed by atoms with Gasteiger partial charge in [-0.15, -0.1) is 0 Å². The van der Waals surface area contributed by atoms with Gasteiger partial charge in [-0.25, -0.2) is 4.79 Å². The second-order valence-electron chi connectivity index (χ2n) is 8.67. The highest BCUT2D eigenvalue weighted by Gasteiger charge is 2.32. The van der Waals surface area contributed by atoms with Crippen LogP contribution < -0.4 is 27.4 Å². The first-order chi connectivity index (χ1) is 15.7. The lowest BCUT2D eigenvalue weighted by atomic mass is 9.98. The molecule has 0 spiro atoms. The van der Waals surface area contributed by atoms with Crippen LogP contribution in [0.3, 0.4) is 0 Å². The molecular formula is C21H37N5O8. The van der Waals surface area contributed by atoms with Gasteiger partial charge in [-0.3, -0.25) is 24.0 Å². The Kier molecular flexibility index (Phi) is 13.4. The van der Waals surface area contributed by atoms with Crippen molar-refractivity contribution in [1.82, 2.24) is 16.0 Å². The van der Waals surface area contributed by atoms with Crippen molar-refractivity contribution < 1.29 is 39.0 Å². The van der Waals surface area contributed by atoms with Crippen LogP contribution >= 0.6 is 0 Å². The normalized spacial score (nSPS) is 15.4. The van der Waals surface area contributed by atoms with E-state index in [0.29, 0.717) is 6.42 Å². The van der Waals surface area contributed by atoms with Crippen LogP contribution in [0.25, 0.3) is 0 Å². The molecule has 0 aliphatic carbocycles. The van der Waals surface area contributed by atoms with Gasteiger partial charge in [0.1, 0.15) is 18.1 Å². The third kappa shape index (κ3) is 11.6. The Morgan fingerprint density at radius 3 is 1.76 bits per heavy atom. The Morgan fingerprint density at radius 1 is 0.824 bits per heavy atom. The number of carboxylic acids is 2. The van der Waals surface area contributed by atoms with Crippen LogP contribution in [0.2, 0.25) is 0 Å². The van der Waals surface area contributed by atoms with Gasteiger partial charge >= 0.3 is 11.9 Å². The second-order valence-corrected chi connectivity index (χ2v) is 8.67. The maximum Gasteiger partial charge on any atom is 0.326 e. The standard InChI is InChI=1S/C21H37N5O8/c1-5-11(4)17(23)20(32)24-12(6-7-16(28)29)18(30)25-13(8-10(2)3)19(31)26-14(21(33)34)9-15(22)27/h10-14,17H,5-9,23H2,1-4H3,(H2,22,27)(H,24,32)(H,25,30)(H,26,31)(H,28,29)(H,33,34). The number of nitrogens with one attached hydrogen (secondary N) is 3. The first-order valence-corrected chi connectivity index (χ1v) is 11.1. The number of amides is 4. The average Bonchev–Trinajstić information content (AvgIpc) is 2.73. The summed E-state index contributed by atoms with van der Waals surface area (Å²) in [6.07, 6.45) is -0.624. The van der Waals surface area contributed by atoms with Gasteiger partial charge in [-0.2, -0.15) is 0 Å². The average molecular weight is 488 g/mol. The third-order valence-corrected chi connectivity index (χ3v) is 5.20. The first-order valence-electron chi connectivity index (χ1n) is 11.1. The number of nitrogens with two attached hydrogens (primary N) is 2. The highest BCUT2D eigenvalue weighted by Crippen LogP contribution is 2.10. The number of hydrogen-bond acceptors (Lipinski definition) is 7.